The monoisotopic (exact) mass is 458 g/mol. The Morgan fingerprint density at radius 1 is 0.970 bits per heavy atom. The summed E-state index contributed by atoms with van der Waals surface area (Å²) < 4.78 is 0. The number of fused-ring (bicyclic) bond motifs is 2. The predicted octanol–water partition coefficient (Wildman–Crippen LogP) is 2.19. The van der Waals surface area contributed by atoms with E-state index in [2.05, 4.69) is 15.5 Å². The number of likely N-dealkylation sites (tertiary alicyclic amines) is 1. The van der Waals surface area contributed by atoms with E-state index < -0.39 is 0 Å². The SMILES string of the molecule is N=C(N)C1CCC2CC(C(=O)NC3CCC(N)CC3)N(CC3CNCC4CCCCC43)C2C1. The average Bonchev–Trinajstić information content (AvgIpc) is 3.18. The fourth-order valence-electron chi connectivity index (χ4n) is 8.09. The third-order valence-corrected chi connectivity index (χ3v) is 10.0. The molecule has 5 aliphatic rings. The smallest absolute Gasteiger partial charge is 0.237 e. The topological polar surface area (TPSA) is 120 Å². The molecule has 186 valence electrons. The van der Waals surface area contributed by atoms with Crippen LogP contribution in [0.5, 0.6) is 0 Å². The first-order chi connectivity index (χ1) is 16.0. The summed E-state index contributed by atoms with van der Waals surface area (Å²) in [6.45, 7) is 3.28. The largest absolute Gasteiger partial charge is 0.387 e. The van der Waals surface area contributed by atoms with Crippen LogP contribution in [0.1, 0.15) is 77.0 Å². The summed E-state index contributed by atoms with van der Waals surface area (Å²) in [7, 11) is 0. The number of nitrogens with one attached hydrogen (secondary N) is 3. The Labute approximate surface area is 199 Å². The van der Waals surface area contributed by atoms with Gasteiger partial charge in [0.2, 0.25) is 5.91 Å². The van der Waals surface area contributed by atoms with Crippen molar-refractivity contribution in [1.29, 1.82) is 5.41 Å². The molecule has 3 saturated carbocycles. The number of nitrogens with zero attached hydrogens (tertiary/aromatic N) is 1. The fourth-order valence-corrected chi connectivity index (χ4v) is 8.09. The van der Waals surface area contributed by atoms with Gasteiger partial charge in [0.1, 0.15) is 0 Å². The molecule has 0 aromatic carbocycles. The minimum absolute atomic E-state index is 0.0229. The van der Waals surface area contributed by atoms with Crippen LogP contribution >= 0.6 is 0 Å². The van der Waals surface area contributed by atoms with Gasteiger partial charge < -0.3 is 22.1 Å². The molecule has 0 aromatic rings. The molecule has 7 atom stereocenters. The number of amidine groups is 1. The molecule has 0 aromatic heterocycles. The van der Waals surface area contributed by atoms with Crippen LogP contribution in [0.4, 0.5) is 0 Å². The first-order valence-corrected chi connectivity index (χ1v) is 13.9. The predicted molar refractivity (Wildman–Crippen MR) is 132 cm³/mol. The molecule has 3 aliphatic carbocycles. The van der Waals surface area contributed by atoms with E-state index >= 15 is 0 Å². The Morgan fingerprint density at radius 2 is 1.76 bits per heavy atom. The van der Waals surface area contributed by atoms with E-state index in [-0.39, 0.29) is 23.9 Å². The van der Waals surface area contributed by atoms with Gasteiger partial charge in [0.05, 0.1) is 11.9 Å². The van der Waals surface area contributed by atoms with Gasteiger partial charge in [-0.3, -0.25) is 15.1 Å². The molecule has 5 fully saturated rings. The number of hydrogen-bond acceptors (Lipinski definition) is 5. The summed E-state index contributed by atoms with van der Waals surface area (Å²) in [5.74, 6) is 3.57. The molecule has 0 spiro atoms. The molecule has 7 nitrogen and oxygen atoms in total. The van der Waals surface area contributed by atoms with E-state index in [0.29, 0.717) is 29.8 Å². The standard InChI is InChI=1S/C26H46N6O/c27-20-7-9-21(10-8-20)31-26(33)24-11-16-5-6-17(25(28)29)12-23(16)32(24)15-19-14-30-13-18-3-1-2-4-22(18)19/h16-24,30H,1-15,27H2,(H3,28,29)(H,31,33). The van der Waals surface area contributed by atoms with Crippen LogP contribution in [-0.2, 0) is 4.79 Å². The maximum atomic E-state index is 13.6. The summed E-state index contributed by atoms with van der Waals surface area (Å²) in [5, 5.41) is 15.2. The van der Waals surface area contributed by atoms with Gasteiger partial charge >= 0.3 is 0 Å². The zero-order chi connectivity index (χ0) is 22.9. The lowest BCUT2D eigenvalue weighted by Gasteiger charge is -2.45. The molecule has 5 rings (SSSR count). The van der Waals surface area contributed by atoms with Crippen LogP contribution in [-0.4, -0.2) is 60.4 Å². The maximum Gasteiger partial charge on any atom is 0.237 e. The Hall–Kier alpha value is -1.18. The maximum absolute atomic E-state index is 13.6. The number of carbonyl (C=O) groups excluding carboxylic acids is 1. The number of nitrogens with two attached hydrogens (primary N) is 2. The molecule has 0 bridgehead atoms. The van der Waals surface area contributed by atoms with E-state index in [1.54, 1.807) is 0 Å². The number of piperidine rings is 1. The van der Waals surface area contributed by atoms with Crippen molar-refractivity contribution in [2.24, 2.45) is 41.1 Å². The molecule has 2 heterocycles. The van der Waals surface area contributed by atoms with Crippen molar-refractivity contribution >= 4 is 11.7 Å². The highest BCUT2D eigenvalue weighted by Gasteiger charge is 2.49. The van der Waals surface area contributed by atoms with Gasteiger partial charge in [-0.15, -0.1) is 0 Å². The van der Waals surface area contributed by atoms with Crippen molar-refractivity contribution in [3.63, 3.8) is 0 Å². The van der Waals surface area contributed by atoms with Gasteiger partial charge in [-0.25, -0.2) is 0 Å². The van der Waals surface area contributed by atoms with Crippen molar-refractivity contribution in [3.8, 4) is 0 Å². The first-order valence-electron chi connectivity index (χ1n) is 13.9. The second-order valence-electron chi connectivity index (χ2n) is 12.0. The third-order valence-electron chi connectivity index (χ3n) is 10.0. The molecule has 1 amide bonds. The highest BCUT2D eigenvalue weighted by molar-refractivity contribution is 5.83. The summed E-state index contributed by atoms with van der Waals surface area (Å²) in [4.78, 5) is 16.2. The van der Waals surface area contributed by atoms with E-state index in [1.165, 1.54) is 32.2 Å². The van der Waals surface area contributed by atoms with E-state index in [9.17, 15) is 4.79 Å². The number of hydrogen-bond donors (Lipinski definition) is 5. The van der Waals surface area contributed by atoms with Crippen LogP contribution in [0.2, 0.25) is 0 Å². The van der Waals surface area contributed by atoms with Crippen molar-refractivity contribution < 1.29 is 4.79 Å². The third kappa shape index (κ3) is 5.10. The number of rotatable bonds is 5. The molecule has 0 radical (unpaired) electrons. The van der Waals surface area contributed by atoms with Gasteiger partial charge in [0.25, 0.3) is 0 Å². The fraction of sp³-hybridized carbons (Fsp3) is 0.923. The van der Waals surface area contributed by atoms with Gasteiger partial charge in [-0.05, 0) is 101 Å². The molecule has 33 heavy (non-hydrogen) atoms. The van der Waals surface area contributed by atoms with Crippen LogP contribution < -0.4 is 22.1 Å². The first kappa shape index (κ1) is 23.6. The molecule has 7 N–H and O–H groups in total. The van der Waals surface area contributed by atoms with Gasteiger partial charge in [-0.2, -0.15) is 0 Å². The van der Waals surface area contributed by atoms with E-state index in [1.807, 2.05) is 0 Å². The lowest BCUT2D eigenvalue weighted by Crippen LogP contribution is -2.55. The van der Waals surface area contributed by atoms with Gasteiger partial charge in [-0.1, -0.05) is 12.8 Å². The van der Waals surface area contributed by atoms with Crippen LogP contribution in [0.25, 0.3) is 0 Å². The number of amides is 1. The highest BCUT2D eigenvalue weighted by Crippen LogP contribution is 2.44. The Morgan fingerprint density at radius 3 is 2.55 bits per heavy atom. The summed E-state index contributed by atoms with van der Waals surface area (Å²) in [6, 6.07) is 0.956. The summed E-state index contributed by atoms with van der Waals surface area (Å²) in [5.41, 5.74) is 12.1. The second-order valence-corrected chi connectivity index (χ2v) is 12.0. The quantitative estimate of drug-likeness (QED) is 0.319. The average molecular weight is 459 g/mol. The van der Waals surface area contributed by atoms with Crippen molar-refractivity contribution in [3.05, 3.63) is 0 Å². The normalized spacial score (nSPS) is 44.0. The van der Waals surface area contributed by atoms with Crippen molar-refractivity contribution in [1.82, 2.24) is 15.5 Å². The summed E-state index contributed by atoms with van der Waals surface area (Å²) in [6.07, 6.45) is 13.5. The Balaban J connectivity index is 1.31. The molecule has 2 saturated heterocycles. The Kier molecular flexibility index (Phi) is 7.29. The van der Waals surface area contributed by atoms with Crippen LogP contribution in [0, 0.1) is 35.0 Å². The summed E-state index contributed by atoms with van der Waals surface area (Å²) >= 11 is 0. The van der Waals surface area contributed by atoms with Crippen molar-refractivity contribution in [2.75, 3.05) is 19.6 Å². The Bertz CT molecular complexity index is 705. The molecule has 7 unspecified atom stereocenters. The van der Waals surface area contributed by atoms with Crippen molar-refractivity contribution in [2.45, 2.75) is 101 Å². The highest BCUT2D eigenvalue weighted by atomic mass is 16.2. The lowest BCUT2D eigenvalue weighted by atomic mass is 9.70. The second kappa shape index (κ2) is 10.2. The van der Waals surface area contributed by atoms with Crippen LogP contribution in [0.3, 0.4) is 0 Å². The molecule has 7 heteroatoms. The van der Waals surface area contributed by atoms with Gasteiger partial charge in [0.15, 0.2) is 0 Å². The molecular weight excluding hydrogens is 412 g/mol. The minimum atomic E-state index is -0.0229. The molecular formula is C26H46N6O. The lowest BCUT2D eigenvalue weighted by molar-refractivity contribution is -0.127. The van der Waals surface area contributed by atoms with Gasteiger partial charge in [0, 0.05) is 30.6 Å². The van der Waals surface area contributed by atoms with E-state index in [4.69, 9.17) is 16.9 Å². The van der Waals surface area contributed by atoms with E-state index in [0.717, 1.165) is 76.3 Å². The van der Waals surface area contributed by atoms with Crippen LogP contribution in [0.15, 0.2) is 0 Å². The molecule has 2 aliphatic heterocycles. The number of carbonyl (C=O) groups is 1. The minimum Gasteiger partial charge on any atom is -0.387 e. The zero-order valence-electron chi connectivity index (χ0n) is 20.3. The zero-order valence-corrected chi connectivity index (χ0v) is 20.3.